The molecule has 0 spiro atoms. The highest BCUT2D eigenvalue weighted by Gasteiger charge is 2.49. The second-order valence-corrected chi connectivity index (χ2v) is 7.26. The van der Waals surface area contributed by atoms with Crippen LogP contribution in [0.5, 0.6) is 0 Å². The first-order valence-corrected chi connectivity index (χ1v) is 8.52. The van der Waals surface area contributed by atoms with Crippen molar-refractivity contribution in [1.29, 1.82) is 0 Å². The van der Waals surface area contributed by atoms with Crippen LogP contribution in [0.1, 0.15) is 50.4 Å². The predicted molar refractivity (Wildman–Crippen MR) is 92.9 cm³/mol. The van der Waals surface area contributed by atoms with Gasteiger partial charge in [-0.1, -0.05) is 37.3 Å². The summed E-state index contributed by atoms with van der Waals surface area (Å²) in [5.41, 5.74) is 7.71. The van der Waals surface area contributed by atoms with E-state index in [2.05, 4.69) is 63.3 Å². The molecule has 2 aliphatic heterocycles. The molecule has 1 aromatic rings. The number of aryl methyl sites for hydroxylation is 1. The number of pyridine rings is 1. The van der Waals surface area contributed by atoms with Gasteiger partial charge in [0.15, 0.2) is 17.4 Å². The van der Waals surface area contributed by atoms with E-state index in [4.69, 9.17) is 0 Å². The Kier molecular flexibility index (Phi) is 3.84. The van der Waals surface area contributed by atoms with E-state index < -0.39 is 0 Å². The molecule has 0 N–H and O–H groups in total. The topological polar surface area (TPSA) is 3.88 Å². The molecule has 1 aromatic heterocycles. The van der Waals surface area contributed by atoms with E-state index >= 15 is 0 Å². The average Bonchev–Trinajstić information content (AvgIpc) is 2.79. The lowest BCUT2D eigenvalue weighted by Crippen LogP contribution is -2.59. The summed E-state index contributed by atoms with van der Waals surface area (Å²) in [6.45, 7) is 13.2. The SMILES string of the molecule is C=CC=CC1=C(C)CC(CC)C2(C)Cc3c[n+]2c(cc3C)C1. The van der Waals surface area contributed by atoms with Crippen molar-refractivity contribution in [3.63, 3.8) is 0 Å². The summed E-state index contributed by atoms with van der Waals surface area (Å²) < 4.78 is 2.59. The molecule has 0 amide bonds. The summed E-state index contributed by atoms with van der Waals surface area (Å²) in [4.78, 5) is 0. The Bertz CT molecular complexity index is 677. The maximum atomic E-state index is 3.82. The van der Waals surface area contributed by atoms with Crippen LogP contribution in [0.25, 0.3) is 0 Å². The Labute approximate surface area is 135 Å². The van der Waals surface area contributed by atoms with Crippen LogP contribution in [0.15, 0.2) is 48.2 Å². The summed E-state index contributed by atoms with van der Waals surface area (Å²) in [5, 5.41) is 0. The number of hydrogen-bond acceptors (Lipinski definition) is 0. The molecule has 1 nitrogen and oxygen atoms in total. The molecule has 22 heavy (non-hydrogen) atoms. The lowest BCUT2D eigenvalue weighted by atomic mass is 9.75. The van der Waals surface area contributed by atoms with Crippen LogP contribution in [0, 0.1) is 12.8 Å². The number of hydrogen-bond donors (Lipinski definition) is 0. The molecule has 0 saturated heterocycles. The van der Waals surface area contributed by atoms with Crippen molar-refractivity contribution in [1.82, 2.24) is 0 Å². The van der Waals surface area contributed by atoms with Gasteiger partial charge >= 0.3 is 0 Å². The first-order valence-electron chi connectivity index (χ1n) is 8.52. The Morgan fingerprint density at radius 1 is 1.41 bits per heavy atom. The summed E-state index contributed by atoms with van der Waals surface area (Å²) >= 11 is 0. The van der Waals surface area contributed by atoms with Crippen LogP contribution in [0.4, 0.5) is 0 Å². The van der Waals surface area contributed by atoms with Gasteiger partial charge in [0.05, 0.1) is 6.42 Å². The Morgan fingerprint density at radius 3 is 2.86 bits per heavy atom. The van der Waals surface area contributed by atoms with Crippen molar-refractivity contribution in [3.8, 4) is 0 Å². The van der Waals surface area contributed by atoms with E-state index in [0.29, 0.717) is 5.92 Å². The van der Waals surface area contributed by atoms with Gasteiger partial charge in [0.1, 0.15) is 0 Å². The largest absolute Gasteiger partial charge is 0.196 e. The molecule has 0 radical (unpaired) electrons. The zero-order valence-corrected chi connectivity index (χ0v) is 14.4. The number of nitrogens with zero attached hydrogens (tertiary/aromatic N) is 1. The van der Waals surface area contributed by atoms with Crippen LogP contribution < -0.4 is 4.57 Å². The molecular formula is C21H28N+. The third-order valence-corrected chi connectivity index (χ3v) is 5.86. The lowest BCUT2D eigenvalue weighted by molar-refractivity contribution is -0.767. The van der Waals surface area contributed by atoms with E-state index in [-0.39, 0.29) is 5.54 Å². The molecule has 2 unspecified atom stereocenters. The van der Waals surface area contributed by atoms with E-state index in [1.165, 1.54) is 41.7 Å². The molecule has 0 aliphatic carbocycles. The van der Waals surface area contributed by atoms with Crippen molar-refractivity contribution < 1.29 is 4.57 Å². The zero-order chi connectivity index (χ0) is 15.9. The van der Waals surface area contributed by atoms with Gasteiger partial charge in [0.2, 0.25) is 0 Å². The van der Waals surface area contributed by atoms with Crippen molar-refractivity contribution in [3.05, 3.63) is 65.0 Å². The van der Waals surface area contributed by atoms with Crippen molar-refractivity contribution >= 4 is 0 Å². The van der Waals surface area contributed by atoms with Gasteiger partial charge in [-0.25, -0.2) is 0 Å². The minimum Gasteiger partial charge on any atom is -0.196 e. The van der Waals surface area contributed by atoms with E-state index in [0.717, 1.165) is 6.42 Å². The van der Waals surface area contributed by atoms with Crippen molar-refractivity contribution in [2.24, 2.45) is 5.92 Å². The first kappa shape index (κ1) is 15.3. The van der Waals surface area contributed by atoms with Gasteiger partial charge in [-0.3, -0.25) is 0 Å². The maximum absolute atomic E-state index is 3.82. The van der Waals surface area contributed by atoms with Crippen LogP contribution >= 0.6 is 0 Å². The molecule has 2 bridgehead atoms. The highest BCUT2D eigenvalue weighted by atomic mass is 15.1. The zero-order valence-electron chi connectivity index (χ0n) is 14.4. The Morgan fingerprint density at radius 2 is 2.18 bits per heavy atom. The van der Waals surface area contributed by atoms with Gasteiger partial charge in [0, 0.05) is 30.9 Å². The highest BCUT2D eigenvalue weighted by molar-refractivity contribution is 5.35. The van der Waals surface area contributed by atoms with Crippen molar-refractivity contribution in [2.45, 2.75) is 58.9 Å². The number of aromatic nitrogens is 1. The molecule has 2 atom stereocenters. The van der Waals surface area contributed by atoms with E-state index in [1.807, 2.05) is 6.08 Å². The number of allylic oxidation sites excluding steroid dienone is 5. The van der Waals surface area contributed by atoms with Gasteiger partial charge < -0.3 is 0 Å². The second-order valence-electron chi connectivity index (χ2n) is 7.26. The third-order valence-electron chi connectivity index (χ3n) is 5.86. The van der Waals surface area contributed by atoms with Crippen LogP contribution in [-0.2, 0) is 18.4 Å². The van der Waals surface area contributed by atoms with E-state index in [1.54, 1.807) is 5.57 Å². The fraction of sp³-hybridized carbons (Fsp3) is 0.476. The molecule has 1 heteroatoms. The highest BCUT2D eigenvalue weighted by Crippen LogP contribution is 2.39. The normalized spacial score (nSPS) is 27.2. The Hall–Kier alpha value is -1.63. The first-order chi connectivity index (χ1) is 10.5. The quantitative estimate of drug-likeness (QED) is 0.567. The number of fused-ring (bicyclic) bond motifs is 1. The molecule has 0 aromatic carbocycles. The Balaban J connectivity index is 2.16. The van der Waals surface area contributed by atoms with Crippen LogP contribution in [0.3, 0.4) is 0 Å². The molecule has 0 saturated carbocycles. The smallest absolute Gasteiger partial charge is 0.186 e. The monoisotopic (exact) mass is 294 g/mol. The molecule has 3 heterocycles. The summed E-state index contributed by atoms with van der Waals surface area (Å²) in [7, 11) is 0. The van der Waals surface area contributed by atoms with Gasteiger partial charge in [0.25, 0.3) is 0 Å². The molecule has 3 rings (SSSR count). The molecule has 0 fully saturated rings. The minimum atomic E-state index is 0.253. The molecule has 2 aliphatic rings. The fourth-order valence-corrected chi connectivity index (χ4v) is 4.40. The predicted octanol–water partition coefficient (Wildman–Crippen LogP) is 4.58. The summed E-state index contributed by atoms with van der Waals surface area (Å²) in [6.07, 6.45) is 13.3. The van der Waals surface area contributed by atoms with Crippen LogP contribution in [-0.4, -0.2) is 0 Å². The molecular weight excluding hydrogens is 266 g/mol. The van der Waals surface area contributed by atoms with Crippen LogP contribution in [0.2, 0.25) is 0 Å². The van der Waals surface area contributed by atoms with Crippen molar-refractivity contribution in [2.75, 3.05) is 0 Å². The third kappa shape index (κ3) is 2.27. The second kappa shape index (κ2) is 5.53. The minimum absolute atomic E-state index is 0.253. The number of rotatable bonds is 3. The summed E-state index contributed by atoms with van der Waals surface area (Å²) in [6, 6.07) is 2.41. The van der Waals surface area contributed by atoms with Gasteiger partial charge in [-0.2, -0.15) is 4.57 Å². The van der Waals surface area contributed by atoms with Gasteiger partial charge in [-0.15, -0.1) is 0 Å². The fourth-order valence-electron chi connectivity index (χ4n) is 4.40. The van der Waals surface area contributed by atoms with E-state index in [9.17, 15) is 0 Å². The standard InChI is InChI=1S/C21H28N/c1-6-8-9-17-12-20-11-16(4)18-13-21(5,22(20)14-18)19(7-2)10-15(17)3/h6,8-9,11,14,19H,1,7,10,12-13H2,2-5H3/q+1. The average molecular weight is 294 g/mol. The maximum Gasteiger partial charge on any atom is 0.186 e. The summed E-state index contributed by atoms with van der Waals surface area (Å²) in [5.74, 6) is 0.697. The lowest BCUT2D eigenvalue weighted by Gasteiger charge is -2.32. The molecule has 116 valence electrons. The van der Waals surface area contributed by atoms with Gasteiger partial charge in [-0.05, 0) is 37.8 Å².